The molecule has 0 spiro atoms. The lowest BCUT2D eigenvalue weighted by Crippen LogP contribution is -2.24. The standard InChI is InChI=1S/C20H21N5OS3/c1-2-15-22-19-17(13-7-3-4-8-14(13)29-19)18-23-24-20(25(15)18)28-11-16(26)21-10-12-6-5-9-27-12/h5-6,9H,2-4,7-8,10-11H2,1H3,(H,21,26). The van der Waals surface area contributed by atoms with Gasteiger partial charge in [0.25, 0.3) is 0 Å². The maximum Gasteiger partial charge on any atom is 0.230 e. The first-order valence-electron chi connectivity index (χ1n) is 9.84. The third-order valence-corrected chi connectivity index (χ3v) is 8.18. The maximum atomic E-state index is 12.3. The van der Waals surface area contributed by atoms with E-state index < -0.39 is 0 Å². The second kappa shape index (κ2) is 8.04. The van der Waals surface area contributed by atoms with Gasteiger partial charge in [-0.2, -0.15) is 0 Å². The van der Waals surface area contributed by atoms with Crippen molar-refractivity contribution >= 4 is 56.2 Å². The van der Waals surface area contributed by atoms with Crippen molar-refractivity contribution in [1.82, 2.24) is 24.9 Å². The number of amides is 1. The van der Waals surface area contributed by atoms with E-state index in [0.29, 0.717) is 12.3 Å². The summed E-state index contributed by atoms with van der Waals surface area (Å²) < 4.78 is 2.06. The smallest absolute Gasteiger partial charge is 0.230 e. The molecule has 29 heavy (non-hydrogen) atoms. The van der Waals surface area contributed by atoms with Crippen molar-refractivity contribution in [2.24, 2.45) is 0 Å². The normalized spacial score (nSPS) is 13.8. The molecule has 0 saturated heterocycles. The lowest BCUT2D eigenvalue weighted by molar-refractivity contribution is -0.118. The first-order valence-corrected chi connectivity index (χ1v) is 12.5. The zero-order valence-corrected chi connectivity index (χ0v) is 18.6. The second-order valence-electron chi connectivity index (χ2n) is 7.06. The summed E-state index contributed by atoms with van der Waals surface area (Å²) in [4.78, 5) is 20.9. The molecule has 9 heteroatoms. The monoisotopic (exact) mass is 443 g/mol. The van der Waals surface area contributed by atoms with Crippen LogP contribution in [-0.2, 0) is 30.6 Å². The number of thiophene rings is 2. The highest BCUT2D eigenvalue weighted by Gasteiger charge is 2.23. The van der Waals surface area contributed by atoms with Gasteiger partial charge in [-0.25, -0.2) is 4.98 Å². The average Bonchev–Trinajstić information content (AvgIpc) is 3.47. The molecular formula is C20H21N5OS3. The Kier molecular flexibility index (Phi) is 5.28. The molecule has 6 nitrogen and oxygen atoms in total. The molecule has 0 bridgehead atoms. The van der Waals surface area contributed by atoms with E-state index in [-0.39, 0.29) is 5.91 Å². The summed E-state index contributed by atoms with van der Waals surface area (Å²) in [6.07, 6.45) is 5.51. The Labute approximate surface area is 180 Å². The molecule has 0 fully saturated rings. The molecule has 150 valence electrons. The minimum atomic E-state index is 0.000137. The van der Waals surface area contributed by atoms with Crippen molar-refractivity contribution < 1.29 is 4.79 Å². The molecule has 0 aromatic carbocycles. The van der Waals surface area contributed by atoms with E-state index in [9.17, 15) is 4.79 Å². The Morgan fingerprint density at radius 1 is 1.31 bits per heavy atom. The maximum absolute atomic E-state index is 12.3. The van der Waals surface area contributed by atoms with Crippen LogP contribution in [-0.4, -0.2) is 31.2 Å². The fourth-order valence-electron chi connectivity index (χ4n) is 3.80. The molecule has 0 unspecified atom stereocenters. The number of hydrogen-bond acceptors (Lipinski definition) is 7. The number of aromatic nitrogens is 4. The predicted octanol–water partition coefficient (Wildman–Crippen LogP) is 4.25. The van der Waals surface area contributed by atoms with Gasteiger partial charge in [-0.1, -0.05) is 24.8 Å². The molecule has 1 aliphatic carbocycles. The highest BCUT2D eigenvalue weighted by Crippen LogP contribution is 2.38. The van der Waals surface area contributed by atoms with Crippen LogP contribution in [0.1, 0.15) is 40.9 Å². The number of rotatable bonds is 6. The van der Waals surface area contributed by atoms with Gasteiger partial charge >= 0.3 is 0 Å². The number of aryl methyl sites for hydroxylation is 3. The van der Waals surface area contributed by atoms with Crippen molar-refractivity contribution in [3.05, 3.63) is 38.7 Å². The van der Waals surface area contributed by atoms with Gasteiger partial charge in [-0.15, -0.1) is 32.9 Å². The number of fused-ring (bicyclic) bond motifs is 5. The van der Waals surface area contributed by atoms with E-state index in [1.54, 1.807) is 11.3 Å². The number of nitrogens with zero attached hydrogens (tertiary/aromatic N) is 4. The third-order valence-electron chi connectivity index (χ3n) is 5.19. The summed E-state index contributed by atoms with van der Waals surface area (Å²) in [6.45, 7) is 2.67. The van der Waals surface area contributed by atoms with Gasteiger partial charge in [0.15, 0.2) is 10.8 Å². The highest BCUT2D eigenvalue weighted by atomic mass is 32.2. The van der Waals surface area contributed by atoms with E-state index in [2.05, 4.69) is 26.8 Å². The topological polar surface area (TPSA) is 72.2 Å². The quantitative estimate of drug-likeness (QED) is 0.451. The molecule has 4 heterocycles. The van der Waals surface area contributed by atoms with Crippen LogP contribution in [0.4, 0.5) is 0 Å². The Hall–Kier alpha value is -1.97. The molecule has 1 N–H and O–H groups in total. The molecular weight excluding hydrogens is 422 g/mol. The number of carbonyl (C=O) groups excluding carboxylic acids is 1. The molecule has 5 rings (SSSR count). The summed E-state index contributed by atoms with van der Waals surface area (Å²) in [5.41, 5.74) is 2.31. The highest BCUT2D eigenvalue weighted by molar-refractivity contribution is 7.99. The molecule has 0 radical (unpaired) electrons. The third kappa shape index (κ3) is 3.55. The summed E-state index contributed by atoms with van der Waals surface area (Å²) in [5, 5.41) is 15.9. The fraction of sp³-hybridized carbons (Fsp3) is 0.400. The molecule has 1 amide bonds. The Morgan fingerprint density at radius 2 is 2.21 bits per heavy atom. The molecule has 0 atom stereocenters. The summed E-state index contributed by atoms with van der Waals surface area (Å²) in [5.74, 6) is 1.27. The van der Waals surface area contributed by atoms with Crippen molar-refractivity contribution in [2.75, 3.05) is 5.75 Å². The minimum absolute atomic E-state index is 0.000137. The molecule has 4 aromatic rings. The molecule has 0 saturated carbocycles. The van der Waals surface area contributed by atoms with Gasteiger partial charge in [0.05, 0.1) is 17.7 Å². The number of carbonyl (C=O) groups is 1. The number of hydrogen-bond donors (Lipinski definition) is 1. The van der Waals surface area contributed by atoms with Gasteiger partial charge < -0.3 is 5.32 Å². The van der Waals surface area contributed by atoms with E-state index in [1.807, 2.05) is 28.8 Å². The van der Waals surface area contributed by atoms with Gasteiger partial charge in [-0.05, 0) is 42.7 Å². The summed E-state index contributed by atoms with van der Waals surface area (Å²) >= 11 is 4.88. The SMILES string of the molecule is CCc1nc2sc3c(c2c2nnc(SCC(=O)NCc4cccs4)n12)CCCC3. The van der Waals surface area contributed by atoms with E-state index >= 15 is 0 Å². The largest absolute Gasteiger partial charge is 0.350 e. The van der Waals surface area contributed by atoms with Crippen LogP contribution < -0.4 is 5.32 Å². The van der Waals surface area contributed by atoms with Crippen molar-refractivity contribution in [2.45, 2.75) is 50.7 Å². The Morgan fingerprint density at radius 3 is 3.03 bits per heavy atom. The second-order valence-corrected chi connectivity index (χ2v) is 10.1. The van der Waals surface area contributed by atoms with Gasteiger partial charge in [0, 0.05) is 16.2 Å². The number of nitrogens with one attached hydrogen (secondary N) is 1. The first kappa shape index (κ1) is 19.0. The fourth-order valence-corrected chi connectivity index (χ4v) is 6.50. The zero-order valence-electron chi connectivity index (χ0n) is 16.1. The lowest BCUT2D eigenvalue weighted by Gasteiger charge is -2.11. The first-order chi connectivity index (χ1) is 14.2. The van der Waals surface area contributed by atoms with Crippen LogP contribution in [0.5, 0.6) is 0 Å². The summed E-state index contributed by atoms with van der Waals surface area (Å²) in [7, 11) is 0. The van der Waals surface area contributed by atoms with E-state index in [1.165, 1.54) is 40.4 Å². The molecule has 4 aromatic heterocycles. The van der Waals surface area contributed by atoms with Gasteiger partial charge in [0.1, 0.15) is 10.7 Å². The van der Waals surface area contributed by atoms with Crippen LogP contribution >= 0.6 is 34.4 Å². The zero-order chi connectivity index (χ0) is 19.8. The van der Waals surface area contributed by atoms with Crippen molar-refractivity contribution in [3.8, 4) is 0 Å². The van der Waals surface area contributed by atoms with Crippen LogP contribution in [0, 0.1) is 0 Å². The lowest BCUT2D eigenvalue weighted by atomic mass is 9.97. The Balaban J connectivity index is 1.43. The predicted molar refractivity (Wildman–Crippen MR) is 119 cm³/mol. The van der Waals surface area contributed by atoms with E-state index in [4.69, 9.17) is 4.98 Å². The molecule has 1 aliphatic rings. The van der Waals surface area contributed by atoms with Crippen LogP contribution in [0.15, 0.2) is 22.7 Å². The van der Waals surface area contributed by atoms with Crippen LogP contribution in [0.2, 0.25) is 0 Å². The van der Waals surface area contributed by atoms with Crippen LogP contribution in [0.25, 0.3) is 15.9 Å². The Bertz CT molecular complexity index is 1180. The summed E-state index contributed by atoms with van der Waals surface area (Å²) in [6, 6.07) is 4.02. The average molecular weight is 444 g/mol. The van der Waals surface area contributed by atoms with Gasteiger partial charge in [-0.3, -0.25) is 9.20 Å². The van der Waals surface area contributed by atoms with Crippen molar-refractivity contribution in [3.63, 3.8) is 0 Å². The van der Waals surface area contributed by atoms with Gasteiger partial charge in [0.2, 0.25) is 5.91 Å². The van der Waals surface area contributed by atoms with Crippen molar-refractivity contribution in [1.29, 1.82) is 0 Å². The minimum Gasteiger partial charge on any atom is -0.350 e. The van der Waals surface area contributed by atoms with E-state index in [0.717, 1.165) is 45.6 Å². The molecule has 0 aliphatic heterocycles. The number of thioether (sulfide) groups is 1. The van der Waals surface area contributed by atoms with Crippen LogP contribution in [0.3, 0.4) is 0 Å².